The summed E-state index contributed by atoms with van der Waals surface area (Å²) in [5.41, 5.74) is 3.64. The zero-order valence-corrected chi connectivity index (χ0v) is 15.5. The Morgan fingerprint density at radius 2 is 2.07 bits per heavy atom. The summed E-state index contributed by atoms with van der Waals surface area (Å²) in [6.45, 7) is 3.89. The largest absolute Gasteiger partial charge is 0.383 e. The van der Waals surface area contributed by atoms with Gasteiger partial charge >= 0.3 is 0 Å². The van der Waals surface area contributed by atoms with Crippen LogP contribution in [0.4, 0.5) is 4.39 Å². The van der Waals surface area contributed by atoms with Crippen LogP contribution >= 0.6 is 0 Å². The zero-order chi connectivity index (χ0) is 18.6. The Balaban J connectivity index is 1.63. The number of halogens is 1. The first-order chi connectivity index (χ1) is 13.2. The third kappa shape index (κ3) is 3.94. The lowest BCUT2D eigenvalue weighted by Crippen LogP contribution is -2.35. The van der Waals surface area contributed by atoms with Crippen molar-refractivity contribution in [1.82, 2.24) is 14.5 Å². The molecule has 0 N–H and O–H groups in total. The van der Waals surface area contributed by atoms with Gasteiger partial charge in [-0.25, -0.2) is 9.37 Å². The minimum absolute atomic E-state index is 0.184. The van der Waals surface area contributed by atoms with Crippen molar-refractivity contribution < 1.29 is 9.13 Å². The Morgan fingerprint density at radius 1 is 1.19 bits per heavy atom. The SMILES string of the molecule is COCCn1ccnc1C1CN(Cc2cccc(F)c2)Cc2ccccc21. The molecule has 2 heterocycles. The van der Waals surface area contributed by atoms with Crippen molar-refractivity contribution in [2.24, 2.45) is 0 Å². The Bertz CT molecular complexity index is 908. The fourth-order valence-electron chi connectivity index (χ4n) is 3.92. The van der Waals surface area contributed by atoms with Gasteiger partial charge in [-0.05, 0) is 28.8 Å². The maximum absolute atomic E-state index is 13.6. The van der Waals surface area contributed by atoms with Gasteiger partial charge in [0.2, 0.25) is 0 Å². The highest BCUT2D eigenvalue weighted by molar-refractivity contribution is 5.37. The van der Waals surface area contributed by atoms with Crippen LogP contribution in [0, 0.1) is 5.82 Å². The molecular weight excluding hydrogens is 341 g/mol. The molecule has 1 aliphatic rings. The molecule has 27 heavy (non-hydrogen) atoms. The Labute approximate surface area is 159 Å². The van der Waals surface area contributed by atoms with Crippen molar-refractivity contribution in [3.63, 3.8) is 0 Å². The van der Waals surface area contributed by atoms with Gasteiger partial charge in [0.1, 0.15) is 11.6 Å². The van der Waals surface area contributed by atoms with Crippen LogP contribution in [0.3, 0.4) is 0 Å². The molecule has 2 aromatic carbocycles. The quantitative estimate of drug-likeness (QED) is 0.665. The highest BCUT2D eigenvalue weighted by atomic mass is 19.1. The topological polar surface area (TPSA) is 30.3 Å². The van der Waals surface area contributed by atoms with Crippen LogP contribution in [-0.2, 0) is 24.4 Å². The predicted octanol–water partition coefficient (Wildman–Crippen LogP) is 3.82. The summed E-state index contributed by atoms with van der Waals surface area (Å²) in [5.74, 6) is 1.07. The summed E-state index contributed by atoms with van der Waals surface area (Å²) in [4.78, 5) is 7.04. The number of aromatic nitrogens is 2. The van der Waals surface area contributed by atoms with Crippen molar-refractivity contribution in [3.05, 3.63) is 89.3 Å². The molecule has 0 radical (unpaired) electrons. The van der Waals surface area contributed by atoms with E-state index in [-0.39, 0.29) is 11.7 Å². The lowest BCUT2D eigenvalue weighted by atomic mass is 9.88. The molecular formula is C22H24FN3O. The third-order valence-electron chi connectivity index (χ3n) is 5.16. The molecule has 0 saturated heterocycles. The van der Waals surface area contributed by atoms with E-state index in [2.05, 4.69) is 38.7 Å². The Hall–Kier alpha value is -2.50. The van der Waals surface area contributed by atoms with Crippen LogP contribution in [0.25, 0.3) is 0 Å². The number of imidazole rings is 1. The number of benzene rings is 2. The molecule has 3 aromatic rings. The van der Waals surface area contributed by atoms with Crippen LogP contribution in [0.5, 0.6) is 0 Å². The van der Waals surface area contributed by atoms with Gasteiger partial charge in [-0.15, -0.1) is 0 Å². The molecule has 140 valence electrons. The van der Waals surface area contributed by atoms with Crippen molar-refractivity contribution in [3.8, 4) is 0 Å². The van der Waals surface area contributed by atoms with E-state index in [1.165, 1.54) is 17.2 Å². The second kappa shape index (κ2) is 8.03. The average molecular weight is 365 g/mol. The summed E-state index contributed by atoms with van der Waals surface area (Å²) in [6.07, 6.45) is 3.88. The van der Waals surface area contributed by atoms with Gasteiger partial charge in [0.25, 0.3) is 0 Å². The number of methoxy groups -OCH3 is 1. The summed E-state index contributed by atoms with van der Waals surface area (Å²) in [5, 5.41) is 0. The summed E-state index contributed by atoms with van der Waals surface area (Å²) in [7, 11) is 1.72. The Morgan fingerprint density at radius 3 is 2.93 bits per heavy atom. The number of ether oxygens (including phenoxy) is 1. The van der Waals surface area contributed by atoms with Crippen molar-refractivity contribution in [2.45, 2.75) is 25.6 Å². The molecule has 5 heteroatoms. The van der Waals surface area contributed by atoms with Crippen LogP contribution in [0.2, 0.25) is 0 Å². The molecule has 1 unspecified atom stereocenters. The monoisotopic (exact) mass is 365 g/mol. The molecule has 4 nitrogen and oxygen atoms in total. The van der Waals surface area contributed by atoms with Crippen molar-refractivity contribution in [2.75, 3.05) is 20.3 Å². The van der Waals surface area contributed by atoms with Crippen LogP contribution < -0.4 is 0 Å². The van der Waals surface area contributed by atoms with Gasteiger partial charge in [-0.2, -0.15) is 0 Å². The van der Waals surface area contributed by atoms with Gasteiger partial charge in [0.15, 0.2) is 0 Å². The average Bonchev–Trinajstić information content (AvgIpc) is 3.14. The van der Waals surface area contributed by atoms with E-state index in [1.807, 2.05) is 18.5 Å². The number of fused-ring (bicyclic) bond motifs is 1. The highest BCUT2D eigenvalue weighted by Crippen LogP contribution is 2.33. The highest BCUT2D eigenvalue weighted by Gasteiger charge is 2.29. The summed E-state index contributed by atoms with van der Waals surface area (Å²) < 4.78 is 21.0. The van der Waals surface area contributed by atoms with Gasteiger partial charge in [0, 0.05) is 45.7 Å². The standard InChI is InChI=1S/C22H24FN3O/c1-27-12-11-26-10-9-24-22(26)21-16-25(14-17-5-4-7-19(23)13-17)15-18-6-2-3-8-20(18)21/h2-10,13,21H,11-12,14-16H2,1H3. The summed E-state index contributed by atoms with van der Waals surface area (Å²) >= 11 is 0. The van der Waals surface area contributed by atoms with Gasteiger partial charge < -0.3 is 9.30 Å². The van der Waals surface area contributed by atoms with Crippen molar-refractivity contribution >= 4 is 0 Å². The van der Waals surface area contributed by atoms with E-state index in [0.717, 1.165) is 37.6 Å². The van der Waals surface area contributed by atoms with E-state index in [4.69, 9.17) is 4.74 Å². The van der Waals surface area contributed by atoms with Crippen molar-refractivity contribution in [1.29, 1.82) is 0 Å². The minimum atomic E-state index is -0.184. The number of hydrogen-bond donors (Lipinski definition) is 0. The number of hydrogen-bond acceptors (Lipinski definition) is 3. The van der Waals surface area contributed by atoms with Crippen LogP contribution in [0.15, 0.2) is 60.9 Å². The molecule has 0 fully saturated rings. The molecule has 0 bridgehead atoms. The van der Waals surface area contributed by atoms with E-state index < -0.39 is 0 Å². The van der Waals surface area contributed by atoms with Crippen LogP contribution in [0.1, 0.15) is 28.4 Å². The third-order valence-corrected chi connectivity index (χ3v) is 5.16. The fourth-order valence-corrected chi connectivity index (χ4v) is 3.92. The maximum atomic E-state index is 13.6. The molecule has 1 atom stereocenters. The zero-order valence-electron chi connectivity index (χ0n) is 15.5. The second-order valence-corrected chi connectivity index (χ2v) is 7.02. The van der Waals surface area contributed by atoms with E-state index in [9.17, 15) is 4.39 Å². The first-order valence-electron chi connectivity index (χ1n) is 9.29. The smallest absolute Gasteiger partial charge is 0.123 e. The van der Waals surface area contributed by atoms with E-state index in [0.29, 0.717) is 6.61 Å². The first kappa shape index (κ1) is 17.9. The predicted molar refractivity (Wildman–Crippen MR) is 103 cm³/mol. The van der Waals surface area contributed by atoms with Gasteiger partial charge in [-0.1, -0.05) is 36.4 Å². The van der Waals surface area contributed by atoms with Crippen LogP contribution in [-0.4, -0.2) is 34.7 Å². The molecule has 0 saturated carbocycles. The molecule has 0 amide bonds. The van der Waals surface area contributed by atoms with E-state index in [1.54, 1.807) is 19.2 Å². The first-order valence-corrected chi connectivity index (χ1v) is 9.29. The lowest BCUT2D eigenvalue weighted by Gasteiger charge is -2.34. The molecule has 0 spiro atoms. The Kier molecular flexibility index (Phi) is 5.32. The minimum Gasteiger partial charge on any atom is -0.383 e. The molecule has 1 aliphatic heterocycles. The normalized spacial score (nSPS) is 17.0. The molecule has 0 aliphatic carbocycles. The van der Waals surface area contributed by atoms with Gasteiger partial charge in [-0.3, -0.25) is 4.90 Å². The number of rotatable bonds is 6. The molecule has 4 rings (SSSR count). The maximum Gasteiger partial charge on any atom is 0.123 e. The van der Waals surface area contributed by atoms with E-state index >= 15 is 0 Å². The van der Waals surface area contributed by atoms with Gasteiger partial charge in [0.05, 0.1) is 12.5 Å². The number of nitrogens with zero attached hydrogens (tertiary/aromatic N) is 3. The second-order valence-electron chi connectivity index (χ2n) is 7.02. The summed E-state index contributed by atoms with van der Waals surface area (Å²) in [6, 6.07) is 15.4. The molecule has 1 aromatic heterocycles. The fraction of sp³-hybridized carbons (Fsp3) is 0.318. The lowest BCUT2D eigenvalue weighted by molar-refractivity contribution is 0.184.